The van der Waals surface area contributed by atoms with Gasteiger partial charge in [0.1, 0.15) is 5.15 Å². The summed E-state index contributed by atoms with van der Waals surface area (Å²) in [6.07, 6.45) is 2.11. The minimum atomic E-state index is 0.0120. The maximum atomic E-state index is 12.6. The Labute approximate surface area is 125 Å². The van der Waals surface area contributed by atoms with Crippen LogP contribution in [-0.4, -0.2) is 42.1 Å². The molecule has 2 heterocycles. The van der Waals surface area contributed by atoms with E-state index >= 15 is 0 Å². The first-order chi connectivity index (χ1) is 9.51. The Bertz CT molecular complexity index is 491. The molecule has 0 bridgehead atoms. The van der Waals surface area contributed by atoms with Crippen LogP contribution in [-0.2, 0) is 4.74 Å². The Balaban J connectivity index is 2.20. The first-order valence-corrected chi connectivity index (χ1v) is 7.38. The zero-order valence-corrected chi connectivity index (χ0v) is 13.0. The third-order valence-electron chi connectivity index (χ3n) is 3.65. The van der Waals surface area contributed by atoms with Crippen LogP contribution < -0.4 is 0 Å². The average molecular weight is 297 g/mol. The molecule has 1 unspecified atom stereocenters. The molecule has 1 fully saturated rings. The Morgan fingerprint density at radius 3 is 2.90 bits per heavy atom. The van der Waals surface area contributed by atoms with Gasteiger partial charge in [-0.3, -0.25) is 4.79 Å². The SMILES string of the molecule is COC1CCCN(C(=O)c2cc(Cl)nc(C(C)C)c2)C1. The Morgan fingerprint density at radius 2 is 2.25 bits per heavy atom. The molecule has 0 aliphatic carbocycles. The minimum Gasteiger partial charge on any atom is -0.380 e. The van der Waals surface area contributed by atoms with Crippen LogP contribution in [0.3, 0.4) is 0 Å². The predicted octanol–water partition coefficient (Wildman–Crippen LogP) is 3.11. The van der Waals surface area contributed by atoms with Crippen molar-refractivity contribution in [1.82, 2.24) is 9.88 Å². The van der Waals surface area contributed by atoms with Gasteiger partial charge in [0.05, 0.1) is 6.10 Å². The van der Waals surface area contributed by atoms with Gasteiger partial charge in [-0.2, -0.15) is 0 Å². The van der Waals surface area contributed by atoms with Gasteiger partial charge in [0.25, 0.3) is 5.91 Å². The highest BCUT2D eigenvalue weighted by atomic mass is 35.5. The minimum absolute atomic E-state index is 0.0120. The maximum Gasteiger partial charge on any atom is 0.254 e. The number of carbonyl (C=O) groups excluding carboxylic acids is 1. The second-order valence-electron chi connectivity index (χ2n) is 5.51. The summed E-state index contributed by atoms with van der Waals surface area (Å²) in [7, 11) is 1.69. The van der Waals surface area contributed by atoms with Crippen LogP contribution in [0.25, 0.3) is 0 Å². The van der Waals surface area contributed by atoms with Crippen molar-refractivity contribution < 1.29 is 9.53 Å². The molecule has 1 aliphatic rings. The number of hydrogen-bond acceptors (Lipinski definition) is 3. The van der Waals surface area contributed by atoms with Crippen LogP contribution in [0.2, 0.25) is 5.15 Å². The molecule has 0 radical (unpaired) electrons. The van der Waals surface area contributed by atoms with E-state index in [0.29, 0.717) is 17.3 Å². The smallest absolute Gasteiger partial charge is 0.254 e. The number of amides is 1. The highest BCUT2D eigenvalue weighted by Crippen LogP contribution is 2.21. The van der Waals surface area contributed by atoms with Gasteiger partial charge in [0.2, 0.25) is 0 Å². The molecule has 1 amide bonds. The molecule has 4 nitrogen and oxygen atoms in total. The molecule has 1 aromatic heterocycles. The lowest BCUT2D eigenvalue weighted by Crippen LogP contribution is -2.42. The number of aromatic nitrogens is 1. The number of likely N-dealkylation sites (tertiary alicyclic amines) is 1. The van der Waals surface area contributed by atoms with Gasteiger partial charge in [-0.05, 0) is 30.9 Å². The van der Waals surface area contributed by atoms with Crippen molar-refractivity contribution in [2.45, 2.75) is 38.7 Å². The van der Waals surface area contributed by atoms with Crippen molar-refractivity contribution in [3.63, 3.8) is 0 Å². The number of ether oxygens (including phenoxy) is 1. The van der Waals surface area contributed by atoms with Crippen molar-refractivity contribution >= 4 is 17.5 Å². The van der Waals surface area contributed by atoms with Crippen LogP contribution >= 0.6 is 11.6 Å². The topological polar surface area (TPSA) is 42.4 Å². The first-order valence-electron chi connectivity index (χ1n) is 7.00. The van der Waals surface area contributed by atoms with Crippen LogP contribution in [0.5, 0.6) is 0 Å². The zero-order valence-electron chi connectivity index (χ0n) is 12.2. The van der Waals surface area contributed by atoms with Gasteiger partial charge in [0, 0.05) is 31.5 Å². The molecule has 1 aromatic rings. The molecule has 0 aromatic carbocycles. The van der Waals surface area contributed by atoms with Gasteiger partial charge in [-0.25, -0.2) is 4.98 Å². The lowest BCUT2D eigenvalue weighted by Gasteiger charge is -2.32. The van der Waals surface area contributed by atoms with Crippen LogP contribution in [0, 0.1) is 0 Å². The van der Waals surface area contributed by atoms with E-state index in [9.17, 15) is 4.79 Å². The van der Waals surface area contributed by atoms with Gasteiger partial charge in [-0.1, -0.05) is 25.4 Å². The Hall–Kier alpha value is -1.13. The Morgan fingerprint density at radius 1 is 1.50 bits per heavy atom. The van der Waals surface area contributed by atoms with E-state index in [4.69, 9.17) is 16.3 Å². The van der Waals surface area contributed by atoms with Crippen LogP contribution in [0.4, 0.5) is 0 Å². The van der Waals surface area contributed by atoms with Crippen molar-refractivity contribution in [2.24, 2.45) is 0 Å². The van der Waals surface area contributed by atoms with Gasteiger partial charge < -0.3 is 9.64 Å². The fourth-order valence-corrected chi connectivity index (χ4v) is 2.65. The first kappa shape index (κ1) is 15.3. The summed E-state index contributed by atoms with van der Waals surface area (Å²) in [5.74, 6) is 0.256. The van der Waals surface area contributed by atoms with Crippen molar-refractivity contribution in [3.05, 3.63) is 28.5 Å². The molecular formula is C15H21ClN2O2. The molecule has 2 rings (SSSR count). The van der Waals surface area contributed by atoms with E-state index < -0.39 is 0 Å². The number of carbonyl (C=O) groups is 1. The largest absolute Gasteiger partial charge is 0.380 e. The van der Waals surface area contributed by atoms with E-state index in [1.807, 2.05) is 24.8 Å². The molecule has 0 spiro atoms. The van der Waals surface area contributed by atoms with E-state index in [1.54, 1.807) is 13.2 Å². The third-order valence-corrected chi connectivity index (χ3v) is 3.84. The van der Waals surface area contributed by atoms with E-state index in [2.05, 4.69) is 4.98 Å². The molecule has 1 aliphatic heterocycles. The summed E-state index contributed by atoms with van der Waals surface area (Å²) in [5.41, 5.74) is 1.46. The quantitative estimate of drug-likeness (QED) is 0.805. The second kappa shape index (κ2) is 6.55. The summed E-state index contributed by atoms with van der Waals surface area (Å²) < 4.78 is 5.36. The molecule has 1 saturated heterocycles. The Kier molecular flexibility index (Phi) is 5.00. The second-order valence-corrected chi connectivity index (χ2v) is 5.90. The summed E-state index contributed by atoms with van der Waals surface area (Å²) in [5, 5.41) is 0.375. The van der Waals surface area contributed by atoms with Crippen LogP contribution in [0.15, 0.2) is 12.1 Å². The molecule has 110 valence electrons. The number of nitrogens with zero attached hydrogens (tertiary/aromatic N) is 2. The van der Waals surface area contributed by atoms with E-state index in [0.717, 1.165) is 25.1 Å². The zero-order chi connectivity index (χ0) is 14.7. The number of rotatable bonds is 3. The fraction of sp³-hybridized carbons (Fsp3) is 0.600. The molecular weight excluding hydrogens is 276 g/mol. The number of halogens is 1. The number of methoxy groups -OCH3 is 1. The number of pyridine rings is 1. The average Bonchev–Trinajstić information content (AvgIpc) is 2.45. The standard InChI is InChI=1S/C15H21ClN2O2/c1-10(2)13-7-11(8-14(16)17-13)15(19)18-6-4-5-12(9-18)20-3/h7-8,10,12H,4-6,9H2,1-3H3. The molecule has 0 saturated carbocycles. The van der Waals surface area contributed by atoms with Gasteiger partial charge in [0.15, 0.2) is 0 Å². The summed E-state index contributed by atoms with van der Waals surface area (Å²) in [6.45, 7) is 5.49. The number of hydrogen-bond donors (Lipinski definition) is 0. The van der Waals surface area contributed by atoms with Gasteiger partial charge >= 0.3 is 0 Å². The third kappa shape index (κ3) is 3.49. The van der Waals surface area contributed by atoms with Gasteiger partial charge in [-0.15, -0.1) is 0 Å². The summed E-state index contributed by atoms with van der Waals surface area (Å²) >= 11 is 6.03. The summed E-state index contributed by atoms with van der Waals surface area (Å²) in [4.78, 5) is 18.7. The van der Waals surface area contributed by atoms with Crippen LogP contribution in [0.1, 0.15) is 48.7 Å². The summed E-state index contributed by atoms with van der Waals surface area (Å²) in [6, 6.07) is 3.49. The number of piperidine rings is 1. The molecule has 1 atom stereocenters. The maximum absolute atomic E-state index is 12.6. The normalized spacial score (nSPS) is 19.4. The molecule has 20 heavy (non-hydrogen) atoms. The van der Waals surface area contributed by atoms with E-state index in [1.165, 1.54) is 0 Å². The predicted molar refractivity (Wildman–Crippen MR) is 79.3 cm³/mol. The highest BCUT2D eigenvalue weighted by Gasteiger charge is 2.25. The lowest BCUT2D eigenvalue weighted by molar-refractivity contribution is 0.0269. The van der Waals surface area contributed by atoms with Crippen molar-refractivity contribution in [2.75, 3.05) is 20.2 Å². The fourth-order valence-electron chi connectivity index (χ4n) is 2.43. The lowest BCUT2D eigenvalue weighted by atomic mass is 10.0. The highest BCUT2D eigenvalue weighted by molar-refractivity contribution is 6.29. The monoisotopic (exact) mass is 296 g/mol. The van der Waals surface area contributed by atoms with Crippen molar-refractivity contribution in [3.8, 4) is 0 Å². The van der Waals surface area contributed by atoms with Crippen molar-refractivity contribution in [1.29, 1.82) is 0 Å². The molecule has 5 heteroatoms. The molecule has 0 N–H and O–H groups in total. The van der Waals surface area contributed by atoms with E-state index in [-0.39, 0.29) is 17.9 Å².